The zero-order chi connectivity index (χ0) is 24.0. The number of carbonyl (C=O) groups excluding carboxylic acids is 1. The van der Waals surface area contributed by atoms with Gasteiger partial charge >= 0.3 is 6.03 Å². The molecule has 33 heavy (non-hydrogen) atoms. The number of aryl methyl sites for hydroxylation is 1. The highest BCUT2D eigenvalue weighted by atomic mass is 16.5. The number of allylic oxidation sites excluding steroid dienone is 1. The molecule has 3 aromatic carbocycles. The van der Waals surface area contributed by atoms with E-state index in [0.717, 1.165) is 22.4 Å². The summed E-state index contributed by atoms with van der Waals surface area (Å²) in [5, 5.41) is 2.59. The maximum absolute atomic E-state index is 11.1. The van der Waals surface area contributed by atoms with Crippen LogP contribution in [0.5, 0.6) is 11.5 Å². The number of ether oxygens (including phenoxy) is 2. The third-order valence-electron chi connectivity index (χ3n) is 5.06. The second-order valence-corrected chi connectivity index (χ2v) is 7.80. The van der Waals surface area contributed by atoms with E-state index < -0.39 is 6.03 Å². The van der Waals surface area contributed by atoms with Crippen molar-refractivity contribution in [3.05, 3.63) is 83.4 Å². The largest absolute Gasteiger partial charge is 0.487 e. The van der Waals surface area contributed by atoms with Gasteiger partial charge in [0.05, 0.1) is 5.69 Å². The van der Waals surface area contributed by atoms with Crippen LogP contribution in [0.4, 0.5) is 21.9 Å². The number of primary amides is 1. The summed E-state index contributed by atoms with van der Waals surface area (Å²) in [6, 6.07) is 18.5. The molecule has 0 heterocycles. The Morgan fingerprint density at radius 3 is 2.42 bits per heavy atom. The molecule has 0 saturated carbocycles. The molecule has 0 aliphatic rings. The van der Waals surface area contributed by atoms with Crippen LogP contribution in [-0.2, 0) is 6.61 Å². The Balaban J connectivity index is 1.86. The maximum Gasteiger partial charge on any atom is 0.316 e. The fourth-order valence-electron chi connectivity index (χ4n) is 3.37. The smallest absolute Gasteiger partial charge is 0.316 e. The van der Waals surface area contributed by atoms with Crippen LogP contribution < -0.4 is 31.2 Å². The van der Waals surface area contributed by atoms with E-state index in [-0.39, 0.29) is 0 Å². The number of hydrogen-bond acceptors (Lipinski definition) is 5. The van der Waals surface area contributed by atoms with E-state index >= 15 is 0 Å². The van der Waals surface area contributed by atoms with E-state index in [4.69, 9.17) is 20.9 Å². The summed E-state index contributed by atoms with van der Waals surface area (Å²) in [4.78, 5) is 13.1. The lowest BCUT2D eigenvalue weighted by molar-refractivity contribution is 0.259. The van der Waals surface area contributed by atoms with Gasteiger partial charge in [0, 0.05) is 37.1 Å². The minimum atomic E-state index is -0.612. The van der Waals surface area contributed by atoms with Gasteiger partial charge < -0.3 is 31.2 Å². The summed E-state index contributed by atoms with van der Waals surface area (Å²) in [6.45, 7) is 4.20. The van der Waals surface area contributed by atoms with Crippen LogP contribution in [0.1, 0.15) is 23.6 Å². The van der Waals surface area contributed by atoms with Crippen LogP contribution in [0.25, 0.3) is 5.76 Å². The van der Waals surface area contributed by atoms with Crippen molar-refractivity contribution in [2.24, 2.45) is 5.73 Å². The van der Waals surface area contributed by atoms with Crippen molar-refractivity contribution >= 4 is 28.9 Å². The van der Waals surface area contributed by atoms with Crippen molar-refractivity contribution < 1.29 is 14.3 Å². The van der Waals surface area contributed by atoms with Crippen LogP contribution in [0.15, 0.2) is 66.7 Å². The molecular formula is C26H30N4O3. The summed E-state index contributed by atoms with van der Waals surface area (Å²) in [7, 11) is 3.91. The molecule has 7 heteroatoms. The Kier molecular flexibility index (Phi) is 7.46. The third-order valence-corrected chi connectivity index (χ3v) is 5.06. The number of nitrogens with zero attached hydrogens (tertiary/aromatic N) is 1. The first kappa shape index (κ1) is 23.5. The lowest BCUT2D eigenvalue weighted by atomic mass is 10.1. The summed E-state index contributed by atoms with van der Waals surface area (Å²) in [5.74, 6) is 1.92. The number of rotatable bonds is 8. The van der Waals surface area contributed by atoms with Crippen LogP contribution in [-0.4, -0.2) is 20.1 Å². The molecule has 2 amide bonds. The van der Waals surface area contributed by atoms with Crippen LogP contribution in [0, 0.1) is 6.92 Å². The van der Waals surface area contributed by atoms with Gasteiger partial charge in [-0.1, -0.05) is 30.3 Å². The van der Waals surface area contributed by atoms with E-state index in [9.17, 15) is 4.79 Å². The topological polar surface area (TPSA) is 103 Å². The fourth-order valence-corrected chi connectivity index (χ4v) is 3.37. The van der Waals surface area contributed by atoms with Gasteiger partial charge in [0.25, 0.3) is 0 Å². The molecule has 0 saturated heterocycles. The number of anilines is 3. The predicted molar refractivity (Wildman–Crippen MR) is 135 cm³/mol. The Labute approximate surface area is 194 Å². The first-order chi connectivity index (χ1) is 15.8. The highest BCUT2D eigenvalue weighted by Crippen LogP contribution is 2.37. The van der Waals surface area contributed by atoms with Gasteiger partial charge in [-0.25, -0.2) is 4.79 Å². The first-order valence-electron chi connectivity index (χ1n) is 10.6. The Morgan fingerprint density at radius 2 is 1.82 bits per heavy atom. The van der Waals surface area contributed by atoms with Gasteiger partial charge in [0.1, 0.15) is 23.9 Å². The van der Waals surface area contributed by atoms with Crippen molar-refractivity contribution in [3.63, 3.8) is 0 Å². The second-order valence-electron chi connectivity index (χ2n) is 7.80. The third kappa shape index (κ3) is 5.98. The molecule has 0 radical (unpaired) electrons. The van der Waals surface area contributed by atoms with E-state index in [1.54, 1.807) is 12.1 Å². The zero-order valence-corrected chi connectivity index (χ0v) is 19.4. The van der Waals surface area contributed by atoms with Crippen molar-refractivity contribution in [1.29, 1.82) is 0 Å². The van der Waals surface area contributed by atoms with Crippen molar-refractivity contribution in [2.45, 2.75) is 20.5 Å². The summed E-state index contributed by atoms with van der Waals surface area (Å²) in [6.07, 6.45) is 1.86. The fraction of sp³-hybridized carbons (Fsp3) is 0.192. The quantitative estimate of drug-likeness (QED) is 0.328. The Hall–Kier alpha value is -4.13. The minimum absolute atomic E-state index is 0.443. The Bertz CT molecular complexity index is 1160. The van der Waals surface area contributed by atoms with Gasteiger partial charge in [0.15, 0.2) is 0 Å². The number of amides is 2. The minimum Gasteiger partial charge on any atom is -0.487 e. The summed E-state index contributed by atoms with van der Waals surface area (Å²) >= 11 is 0. The molecule has 3 aromatic rings. The van der Waals surface area contributed by atoms with E-state index in [0.29, 0.717) is 35.2 Å². The molecule has 0 unspecified atom stereocenters. The molecule has 0 aliphatic heterocycles. The molecule has 0 bridgehead atoms. The number of nitrogens with one attached hydrogen (secondary N) is 1. The summed E-state index contributed by atoms with van der Waals surface area (Å²) < 4.78 is 12.2. The predicted octanol–water partition coefficient (Wildman–Crippen LogP) is 5.15. The molecule has 0 aromatic heterocycles. The Morgan fingerprint density at radius 1 is 1.09 bits per heavy atom. The van der Waals surface area contributed by atoms with Crippen molar-refractivity contribution in [3.8, 4) is 11.5 Å². The van der Waals surface area contributed by atoms with E-state index in [1.165, 1.54) is 0 Å². The number of carbonyl (C=O) groups is 1. The first-order valence-corrected chi connectivity index (χ1v) is 10.6. The monoisotopic (exact) mass is 446 g/mol. The number of urea groups is 1. The van der Waals surface area contributed by atoms with Crippen LogP contribution in [0.3, 0.4) is 0 Å². The van der Waals surface area contributed by atoms with Gasteiger partial charge in [0.2, 0.25) is 0 Å². The van der Waals surface area contributed by atoms with Crippen molar-refractivity contribution in [1.82, 2.24) is 0 Å². The molecular weight excluding hydrogens is 416 g/mol. The molecule has 0 atom stereocenters. The van der Waals surface area contributed by atoms with Crippen LogP contribution >= 0.6 is 0 Å². The van der Waals surface area contributed by atoms with Gasteiger partial charge in [-0.15, -0.1) is 0 Å². The molecule has 172 valence electrons. The van der Waals surface area contributed by atoms with Crippen molar-refractivity contribution in [2.75, 3.05) is 30.0 Å². The molecule has 5 N–H and O–H groups in total. The highest BCUT2D eigenvalue weighted by Gasteiger charge is 2.16. The number of hydrogen-bond donors (Lipinski definition) is 3. The van der Waals surface area contributed by atoms with Gasteiger partial charge in [-0.2, -0.15) is 0 Å². The van der Waals surface area contributed by atoms with Crippen LogP contribution in [0.2, 0.25) is 0 Å². The normalized spacial score (nSPS) is 11.1. The number of benzene rings is 3. The molecule has 0 spiro atoms. The second kappa shape index (κ2) is 10.5. The molecule has 7 nitrogen and oxygen atoms in total. The summed E-state index contributed by atoms with van der Waals surface area (Å²) in [5.41, 5.74) is 16.3. The molecule has 0 aliphatic carbocycles. The average Bonchev–Trinajstić information content (AvgIpc) is 2.78. The molecule has 0 fully saturated rings. The van der Waals surface area contributed by atoms with E-state index in [2.05, 4.69) is 5.32 Å². The lowest BCUT2D eigenvalue weighted by Crippen LogP contribution is -2.19. The van der Waals surface area contributed by atoms with Gasteiger partial charge in [-0.3, -0.25) is 0 Å². The van der Waals surface area contributed by atoms with E-state index in [1.807, 2.05) is 87.4 Å². The zero-order valence-electron chi connectivity index (χ0n) is 19.4. The lowest BCUT2D eigenvalue weighted by Gasteiger charge is -2.21. The number of nitrogens with two attached hydrogens (primary N) is 2. The van der Waals surface area contributed by atoms with Gasteiger partial charge in [-0.05, 0) is 55.3 Å². The average molecular weight is 447 g/mol. The molecule has 3 rings (SSSR count). The standard InChI is InChI=1S/C26H30N4O3/c1-5-24(33-19-11-12-22(17(2)13-19)29-26(28)31)20-14-23(30(3)4)25(15-21(20)27)32-16-18-9-7-6-8-10-18/h5-15H,16,27H2,1-4H3,(H3,28,29,31)/b24-5+. The SMILES string of the molecule is C/C=C(/Oc1ccc(NC(N)=O)c(C)c1)c1cc(N(C)C)c(OCc2ccccc2)cc1N. The maximum atomic E-state index is 11.1. The number of nitrogen functional groups attached to an aromatic ring is 1. The highest BCUT2D eigenvalue weighted by molar-refractivity contribution is 5.88.